The van der Waals surface area contributed by atoms with Crippen molar-refractivity contribution in [2.75, 3.05) is 6.54 Å². The predicted molar refractivity (Wildman–Crippen MR) is 42.0 cm³/mol. The molecule has 2 heteroatoms. The van der Waals surface area contributed by atoms with Crippen LogP contribution in [0.4, 0.5) is 0 Å². The first-order valence-electron chi connectivity index (χ1n) is 3.22. The molecular formula is C6H15NSi. The highest BCUT2D eigenvalue weighted by molar-refractivity contribution is 6.35. The molecule has 2 N–H and O–H groups in total. The molecule has 8 heavy (non-hydrogen) atoms. The van der Waals surface area contributed by atoms with E-state index in [9.17, 15) is 0 Å². The van der Waals surface area contributed by atoms with Gasteiger partial charge in [-0.1, -0.05) is 12.1 Å². The van der Waals surface area contributed by atoms with Gasteiger partial charge in [-0.25, -0.2) is 0 Å². The molecule has 1 nitrogen and oxygen atoms in total. The van der Waals surface area contributed by atoms with E-state index in [1.807, 2.05) is 6.08 Å². The van der Waals surface area contributed by atoms with E-state index in [1.165, 1.54) is 18.5 Å². The molecule has 48 valence electrons. The van der Waals surface area contributed by atoms with Crippen LogP contribution in [0, 0.1) is 0 Å². The monoisotopic (exact) mass is 129 g/mol. The van der Waals surface area contributed by atoms with Gasteiger partial charge in [-0.15, -0.1) is 6.58 Å². The zero-order valence-electron chi connectivity index (χ0n) is 5.40. The lowest BCUT2D eigenvalue weighted by atomic mass is 10.5. The van der Waals surface area contributed by atoms with Gasteiger partial charge in [0.2, 0.25) is 0 Å². The van der Waals surface area contributed by atoms with Gasteiger partial charge >= 0.3 is 0 Å². The highest BCUT2D eigenvalue weighted by Crippen LogP contribution is 1.89. The summed E-state index contributed by atoms with van der Waals surface area (Å²) in [5, 5.41) is 0. The zero-order valence-corrected chi connectivity index (χ0v) is 6.81. The molecule has 0 aromatic rings. The fourth-order valence-electron chi connectivity index (χ4n) is 0.610. The second kappa shape index (κ2) is 6.92. The number of rotatable bonds is 5. The third-order valence-electron chi connectivity index (χ3n) is 1.11. The molecule has 0 saturated carbocycles. The minimum atomic E-state index is 0.202. The Kier molecular flexibility index (Phi) is 6.85. The fourth-order valence-corrected chi connectivity index (χ4v) is 1.83. The summed E-state index contributed by atoms with van der Waals surface area (Å²) in [6.07, 6.45) is 3.24. The lowest BCUT2D eigenvalue weighted by molar-refractivity contribution is 0.924. The van der Waals surface area contributed by atoms with E-state index in [4.69, 9.17) is 5.73 Å². The Balaban J connectivity index is 2.62. The molecule has 0 spiro atoms. The first kappa shape index (κ1) is 7.92. The number of allylic oxidation sites excluding steroid dienone is 1. The molecule has 0 atom stereocenters. The molecule has 0 aliphatic carbocycles. The van der Waals surface area contributed by atoms with Gasteiger partial charge in [-0.3, -0.25) is 0 Å². The largest absolute Gasteiger partial charge is 0.330 e. The van der Waals surface area contributed by atoms with Crippen molar-refractivity contribution < 1.29 is 0 Å². The third-order valence-corrected chi connectivity index (χ3v) is 2.93. The Morgan fingerprint density at radius 3 is 2.88 bits per heavy atom. The molecule has 0 bridgehead atoms. The van der Waals surface area contributed by atoms with E-state index in [0.29, 0.717) is 0 Å². The van der Waals surface area contributed by atoms with Gasteiger partial charge in [0.05, 0.1) is 0 Å². The molecule has 0 aromatic carbocycles. The molecule has 0 heterocycles. The molecular weight excluding hydrogens is 114 g/mol. The van der Waals surface area contributed by atoms with Crippen LogP contribution in [0.15, 0.2) is 12.7 Å². The topological polar surface area (TPSA) is 26.0 Å². The minimum Gasteiger partial charge on any atom is -0.330 e. The summed E-state index contributed by atoms with van der Waals surface area (Å²) in [5.74, 6) is 0. The smallest absolute Gasteiger partial charge is 0.0240 e. The molecule has 0 amide bonds. The summed E-state index contributed by atoms with van der Waals surface area (Å²) < 4.78 is 0. The number of nitrogens with two attached hydrogens (primary N) is 1. The Bertz CT molecular complexity index is 54.5. The highest BCUT2D eigenvalue weighted by Gasteiger charge is 1.82. The first-order valence-corrected chi connectivity index (χ1v) is 5.22. The highest BCUT2D eigenvalue weighted by atomic mass is 28.2. The zero-order chi connectivity index (χ0) is 6.24. The van der Waals surface area contributed by atoms with Crippen molar-refractivity contribution in [1.29, 1.82) is 0 Å². The predicted octanol–water partition coefficient (Wildman–Crippen LogP) is 0.527. The van der Waals surface area contributed by atoms with E-state index < -0.39 is 0 Å². The van der Waals surface area contributed by atoms with Crippen LogP contribution in [0.3, 0.4) is 0 Å². The van der Waals surface area contributed by atoms with Crippen molar-refractivity contribution in [2.45, 2.75) is 18.5 Å². The second-order valence-corrected chi connectivity index (χ2v) is 3.92. The van der Waals surface area contributed by atoms with Crippen molar-refractivity contribution in [3.63, 3.8) is 0 Å². The van der Waals surface area contributed by atoms with Crippen LogP contribution in [0.5, 0.6) is 0 Å². The minimum absolute atomic E-state index is 0.202. The van der Waals surface area contributed by atoms with Gasteiger partial charge in [0.25, 0.3) is 0 Å². The normalized spacial score (nSPS) is 10.6. The maximum Gasteiger partial charge on any atom is 0.0240 e. The average Bonchev–Trinajstić information content (AvgIpc) is 1.81. The SMILES string of the molecule is C=CC[SiH2]CCCN. The summed E-state index contributed by atoms with van der Waals surface area (Å²) in [4.78, 5) is 0. The summed E-state index contributed by atoms with van der Waals surface area (Å²) in [6, 6.07) is 2.67. The van der Waals surface area contributed by atoms with Crippen molar-refractivity contribution in [2.24, 2.45) is 5.73 Å². The summed E-state index contributed by atoms with van der Waals surface area (Å²) in [5.41, 5.74) is 5.31. The fraction of sp³-hybridized carbons (Fsp3) is 0.667. The third kappa shape index (κ3) is 5.92. The maximum absolute atomic E-state index is 5.31. The van der Waals surface area contributed by atoms with Gasteiger partial charge in [0.1, 0.15) is 0 Å². The van der Waals surface area contributed by atoms with Crippen molar-refractivity contribution in [3.8, 4) is 0 Å². The van der Waals surface area contributed by atoms with E-state index in [-0.39, 0.29) is 9.52 Å². The quantitative estimate of drug-likeness (QED) is 0.327. The Hall–Kier alpha value is -0.0831. The van der Waals surface area contributed by atoms with Gasteiger partial charge in [0.15, 0.2) is 0 Å². The Labute approximate surface area is 53.8 Å². The number of hydrogen-bond donors (Lipinski definition) is 1. The Morgan fingerprint density at radius 2 is 2.38 bits per heavy atom. The van der Waals surface area contributed by atoms with Crippen LogP contribution in [0.2, 0.25) is 12.1 Å². The lowest BCUT2D eigenvalue weighted by Crippen LogP contribution is -1.99. The molecule has 0 unspecified atom stereocenters. The van der Waals surface area contributed by atoms with Crippen molar-refractivity contribution in [1.82, 2.24) is 0 Å². The average molecular weight is 129 g/mol. The van der Waals surface area contributed by atoms with Crippen LogP contribution in [0.1, 0.15) is 6.42 Å². The van der Waals surface area contributed by atoms with Crippen LogP contribution in [0.25, 0.3) is 0 Å². The standard InChI is InChI=1S/C6H15NSi/c1-2-5-8-6-3-4-7/h2H,1,3-8H2. The summed E-state index contributed by atoms with van der Waals surface area (Å²) >= 11 is 0. The molecule has 0 aromatic heterocycles. The van der Waals surface area contributed by atoms with Gasteiger partial charge in [0, 0.05) is 9.52 Å². The van der Waals surface area contributed by atoms with Gasteiger partial charge < -0.3 is 5.73 Å². The van der Waals surface area contributed by atoms with Crippen LogP contribution >= 0.6 is 0 Å². The van der Waals surface area contributed by atoms with E-state index >= 15 is 0 Å². The lowest BCUT2D eigenvalue weighted by Gasteiger charge is -1.90. The first-order chi connectivity index (χ1) is 3.91. The Morgan fingerprint density at radius 1 is 1.62 bits per heavy atom. The number of hydrogen-bond acceptors (Lipinski definition) is 1. The van der Waals surface area contributed by atoms with Crippen molar-refractivity contribution in [3.05, 3.63) is 12.7 Å². The molecule has 0 aliphatic rings. The molecule has 0 rings (SSSR count). The summed E-state index contributed by atoms with van der Waals surface area (Å²) in [7, 11) is 0.202. The maximum atomic E-state index is 5.31. The van der Waals surface area contributed by atoms with E-state index in [0.717, 1.165) is 6.54 Å². The molecule has 0 aliphatic heterocycles. The molecule has 0 saturated heterocycles. The second-order valence-electron chi connectivity index (χ2n) is 1.93. The van der Waals surface area contributed by atoms with E-state index in [1.54, 1.807) is 0 Å². The van der Waals surface area contributed by atoms with Gasteiger partial charge in [-0.2, -0.15) is 0 Å². The molecule has 0 radical (unpaired) electrons. The van der Waals surface area contributed by atoms with Gasteiger partial charge in [-0.05, 0) is 19.0 Å². The van der Waals surface area contributed by atoms with Crippen LogP contribution in [-0.2, 0) is 0 Å². The van der Waals surface area contributed by atoms with E-state index in [2.05, 4.69) is 6.58 Å². The molecule has 0 fully saturated rings. The van der Waals surface area contributed by atoms with Crippen LogP contribution < -0.4 is 5.73 Å². The van der Waals surface area contributed by atoms with Crippen LogP contribution in [-0.4, -0.2) is 16.1 Å². The summed E-state index contributed by atoms with van der Waals surface area (Å²) in [6.45, 7) is 4.53. The van der Waals surface area contributed by atoms with Crippen molar-refractivity contribution >= 4 is 9.52 Å².